The highest BCUT2D eigenvalue weighted by atomic mass is 35.5. The quantitative estimate of drug-likeness (QED) is 0.410. The van der Waals surface area contributed by atoms with Crippen LogP contribution in [0.4, 0.5) is 9.52 Å². The second kappa shape index (κ2) is 11.1. The van der Waals surface area contributed by atoms with Crippen LogP contribution in [0.2, 0.25) is 0 Å². The zero-order valence-corrected chi connectivity index (χ0v) is 20.0. The van der Waals surface area contributed by atoms with E-state index >= 15 is 0 Å². The summed E-state index contributed by atoms with van der Waals surface area (Å²) in [5, 5.41) is 1.06. The van der Waals surface area contributed by atoms with E-state index in [0.29, 0.717) is 35.4 Å². The Morgan fingerprint density at radius 1 is 1.13 bits per heavy atom. The summed E-state index contributed by atoms with van der Waals surface area (Å²) in [6.07, 6.45) is 0.290. The molecule has 30 heavy (non-hydrogen) atoms. The van der Waals surface area contributed by atoms with Gasteiger partial charge in [0.2, 0.25) is 5.91 Å². The van der Waals surface area contributed by atoms with Gasteiger partial charge in [0.1, 0.15) is 11.3 Å². The zero-order valence-electron chi connectivity index (χ0n) is 17.6. The summed E-state index contributed by atoms with van der Waals surface area (Å²) in [5.74, 6) is -0.390. The first-order valence-electron chi connectivity index (χ1n) is 9.59. The lowest BCUT2D eigenvalue weighted by Gasteiger charge is -2.22. The number of carbonyl (C=O) groups is 1. The summed E-state index contributed by atoms with van der Waals surface area (Å²) >= 11 is 3.15. The van der Waals surface area contributed by atoms with Crippen molar-refractivity contribution in [3.63, 3.8) is 0 Å². The van der Waals surface area contributed by atoms with Crippen LogP contribution in [-0.4, -0.2) is 48.2 Å². The first-order chi connectivity index (χ1) is 13.8. The topological polar surface area (TPSA) is 36.4 Å². The molecule has 8 heteroatoms. The Morgan fingerprint density at radius 2 is 1.83 bits per heavy atom. The molecule has 1 heterocycles. The molecular weight excluding hydrogens is 441 g/mol. The van der Waals surface area contributed by atoms with Crippen LogP contribution in [0.3, 0.4) is 0 Å². The van der Waals surface area contributed by atoms with Crippen molar-refractivity contribution in [3.8, 4) is 0 Å². The van der Waals surface area contributed by atoms with E-state index in [2.05, 4.69) is 31.0 Å². The van der Waals surface area contributed by atoms with Crippen molar-refractivity contribution in [2.45, 2.75) is 30.4 Å². The molecule has 0 spiro atoms. The Morgan fingerprint density at radius 3 is 2.43 bits per heavy atom. The number of aromatic nitrogens is 1. The first-order valence-corrected chi connectivity index (χ1v) is 11.3. The molecule has 0 aliphatic heterocycles. The van der Waals surface area contributed by atoms with Gasteiger partial charge in [-0.1, -0.05) is 43.4 Å². The molecule has 4 nitrogen and oxygen atoms in total. The van der Waals surface area contributed by atoms with E-state index in [1.165, 1.54) is 22.3 Å². The molecule has 0 aliphatic carbocycles. The average molecular weight is 468 g/mol. The minimum absolute atomic E-state index is 0. The third kappa shape index (κ3) is 6.41. The lowest BCUT2D eigenvalue weighted by atomic mass is 10.1. The highest BCUT2D eigenvalue weighted by molar-refractivity contribution is 7.99. The molecule has 0 radical (unpaired) electrons. The Bertz CT molecular complexity index is 976. The summed E-state index contributed by atoms with van der Waals surface area (Å²) in [6.45, 7) is 5.53. The molecule has 0 saturated carbocycles. The summed E-state index contributed by atoms with van der Waals surface area (Å²) in [7, 11) is 3.93. The molecule has 0 N–H and O–H groups in total. The number of likely N-dealkylation sites (N-methyl/N-ethyl adjacent to an activating group) is 1. The maximum Gasteiger partial charge on any atom is 0.233 e. The predicted molar refractivity (Wildman–Crippen MR) is 129 cm³/mol. The summed E-state index contributed by atoms with van der Waals surface area (Å²) in [5.41, 5.74) is 1.29. The molecule has 1 amide bonds. The molecule has 0 fully saturated rings. The van der Waals surface area contributed by atoms with Crippen molar-refractivity contribution in [2.75, 3.05) is 32.1 Å². The smallest absolute Gasteiger partial charge is 0.233 e. The number of fused-ring (bicyclic) bond motifs is 1. The van der Waals surface area contributed by atoms with Crippen molar-refractivity contribution in [1.29, 1.82) is 0 Å². The standard InChI is InChI=1S/C22H26FN3OS2.ClH/c1-15(2)28-17-10-8-16(9-11-17)14-20(27)26(13-12-25(3)4)22-24-21-18(23)6-5-7-19(21)29-22;/h5-11,15H,12-14H2,1-4H3;1H. The number of carbonyl (C=O) groups excluding carboxylic acids is 1. The monoisotopic (exact) mass is 467 g/mol. The van der Waals surface area contributed by atoms with Gasteiger partial charge in [-0.05, 0) is 43.9 Å². The highest BCUT2D eigenvalue weighted by Gasteiger charge is 2.21. The second-order valence-corrected chi connectivity index (χ2v) is 10.1. The molecule has 0 aliphatic rings. The van der Waals surface area contributed by atoms with Gasteiger partial charge in [-0.25, -0.2) is 9.37 Å². The number of nitrogens with zero attached hydrogens (tertiary/aromatic N) is 3. The van der Waals surface area contributed by atoms with Crippen molar-refractivity contribution < 1.29 is 9.18 Å². The number of thiazole rings is 1. The van der Waals surface area contributed by atoms with E-state index in [0.717, 1.165) is 10.3 Å². The fraction of sp³-hybridized carbons (Fsp3) is 0.364. The van der Waals surface area contributed by atoms with Crippen LogP contribution in [0.15, 0.2) is 47.4 Å². The molecule has 2 aromatic carbocycles. The number of rotatable bonds is 8. The minimum Gasteiger partial charge on any atom is -0.308 e. The Hall–Kier alpha value is -1.67. The third-order valence-electron chi connectivity index (χ3n) is 4.31. The van der Waals surface area contributed by atoms with E-state index in [1.54, 1.807) is 22.7 Å². The molecule has 3 rings (SSSR count). The lowest BCUT2D eigenvalue weighted by molar-refractivity contribution is -0.118. The lowest BCUT2D eigenvalue weighted by Crippen LogP contribution is -2.37. The van der Waals surface area contributed by atoms with Gasteiger partial charge in [0.25, 0.3) is 0 Å². The predicted octanol–water partition coefficient (Wildman–Crippen LogP) is 5.50. The van der Waals surface area contributed by atoms with E-state index in [4.69, 9.17) is 0 Å². The van der Waals surface area contributed by atoms with E-state index in [1.807, 2.05) is 37.2 Å². The third-order valence-corrected chi connectivity index (χ3v) is 6.37. The van der Waals surface area contributed by atoms with Gasteiger partial charge in [-0.15, -0.1) is 24.2 Å². The molecule has 1 aromatic heterocycles. The number of hydrogen-bond acceptors (Lipinski definition) is 5. The number of amides is 1. The molecule has 0 unspecified atom stereocenters. The van der Waals surface area contributed by atoms with Crippen LogP contribution in [0.5, 0.6) is 0 Å². The number of halogens is 2. The molecule has 0 atom stereocenters. The second-order valence-electron chi connectivity index (χ2n) is 7.42. The summed E-state index contributed by atoms with van der Waals surface area (Å²) in [4.78, 5) is 22.4. The number of hydrogen-bond donors (Lipinski definition) is 0. The zero-order chi connectivity index (χ0) is 21.0. The first kappa shape index (κ1) is 24.6. The largest absolute Gasteiger partial charge is 0.308 e. The summed E-state index contributed by atoms with van der Waals surface area (Å²) < 4.78 is 14.8. The Balaban J connectivity index is 0.00000320. The maximum atomic E-state index is 14.1. The fourth-order valence-corrected chi connectivity index (χ4v) is 4.73. The molecular formula is C22H27ClFN3OS2. The maximum absolute atomic E-state index is 14.1. The van der Waals surface area contributed by atoms with Gasteiger partial charge in [-0.2, -0.15) is 0 Å². The normalized spacial score (nSPS) is 11.2. The van der Waals surface area contributed by atoms with Crippen molar-refractivity contribution in [1.82, 2.24) is 9.88 Å². The highest BCUT2D eigenvalue weighted by Crippen LogP contribution is 2.31. The van der Waals surface area contributed by atoms with Gasteiger partial charge in [-0.3, -0.25) is 9.69 Å². The van der Waals surface area contributed by atoms with Crippen LogP contribution < -0.4 is 4.90 Å². The van der Waals surface area contributed by atoms with Gasteiger partial charge in [0.05, 0.1) is 11.1 Å². The van der Waals surface area contributed by atoms with E-state index < -0.39 is 0 Å². The number of para-hydroxylation sites is 1. The van der Waals surface area contributed by atoms with Gasteiger partial charge in [0, 0.05) is 23.2 Å². The van der Waals surface area contributed by atoms with E-state index in [-0.39, 0.29) is 24.1 Å². The fourth-order valence-electron chi connectivity index (χ4n) is 2.87. The Kier molecular flexibility index (Phi) is 9.09. The van der Waals surface area contributed by atoms with Crippen molar-refractivity contribution >= 4 is 56.8 Å². The van der Waals surface area contributed by atoms with Crippen molar-refractivity contribution in [3.05, 3.63) is 53.8 Å². The van der Waals surface area contributed by atoms with E-state index in [9.17, 15) is 9.18 Å². The molecule has 162 valence electrons. The molecule has 0 saturated heterocycles. The van der Waals surface area contributed by atoms with Crippen LogP contribution >= 0.6 is 35.5 Å². The van der Waals surface area contributed by atoms with Crippen LogP contribution in [0, 0.1) is 5.82 Å². The average Bonchev–Trinajstić information content (AvgIpc) is 3.08. The van der Waals surface area contributed by atoms with Crippen LogP contribution in [0.25, 0.3) is 10.2 Å². The van der Waals surface area contributed by atoms with Gasteiger partial charge in [0.15, 0.2) is 5.13 Å². The van der Waals surface area contributed by atoms with Crippen LogP contribution in [-0.2, 0) is 11.2 Å². The van der Waals surface area contributed by atoms with Crippen LogP contribution in [0.1, 0.15) is 19.4 Å². The summed E-state index contributed by atoms with van der Waals surface area (Å²) in [6, 6.07) is 13.0. The SMILES string of the molecule is CC(C)Sc1ccc(CC(=O)N(CCN(C)C)c2nc3c(F)cccc3s2)cc1.Cl. The minimum atomic E-state index is -0.358. The van der Waals surface area contributed by atoms with Gasteiger partial charge >= 0.3 is 0 Å². The molecule has 3 aromatic rings. The number of benzene rings is 2. The number of thioether (sulfide) groups is 1. The van der Waals surface area contributed by atoms with Gasteiger partial charge < -0.3 is 4.90 Å². The number of anilines is 1. The molecule has 0 bridgehead atoms. The Labute approximate surface area is 191 Å². The van der Waals surface area contributed by atoms with Crippen molar-refractivity contribution in [2.24, 2.45) is 0 Å².